The number of nitrogens with one attached hydrogen (secondary N) is 1. The Bertz CT molecular complexity index is 1340. The molecule has 2 aromatic heterocycles. The van der Waals surface area contributed by atoms with Gasteiger partial charge in [-0.1, -0.05) is 36.4 Å². The highest BCUT2D eigenvalue weighted by Gasteiger charge is 2.09. The molecule has 0 spiro atoms. The maximum atomic E-state index is 5.91. The Kier molecular flexibility index (Phi) is 2.88. The van der Waals surface area contributed by atoms with Crippen LogP contribution in [0.3, 0.4) is 0 Å². The van der Waals surface area contributed by atoms with E-state index in [0.29, 0.717) is 0 Å². The van der Waals surface area contributed by atoms with Gasteiger partial charge in [0.1, 0.15) is 22.3 Å². The van der Waals surface area contributed by atoms with Gasteiger partial charge in [-0.05, 0) is 48.5 Å². The van der Waals surface area contributed by atoms with Crippen molar-refractivity contribution in [1.29, 1.82) is 0 Å². The predicted octanol–water partition coefficient (Wildman–Crippen LogP) is 7.23. The van der Waals surface area contributed by atoms with Gasteiger partial charge in [-0.3, -0.25) is 0 Å². The third kappa shape index (κ3) is 2.22. The third-order valence-electron chi connectivity index (χ3n) is 5.04. The molecule has 1 N–H and O–H groups in total. The lowest BCUT2D eigenvalue weighted by Crippen LogP contribution is -1.89. The molecule has 2 heterocycles. The lowest BCUT2D eigenvalue weighted by molar-refractivity contribution is 0.668. The van der Waals surface area contributed by atoms with Gasteiger partial charge in [0.25, 0.3) is 0 Å². The van der Waals surface area contributed by atoms with Crippen LogP contribution in [0.4, 0.5) is 11.4 Å². The summed E-state index contributed by atoms with van der Waals surface area (Å²) in [6.07, 6.45) is 0. The molecule has 0 fully saturated rings. The molecule has 128 valence electrons. The monoisotopic (exact) mass is 349 g/mol. The Morgan fingerprint density at radius 1 is 0.444 bits per heavy atom. The Balaban J connectivity index is 1.46. The molecular weight excluding hydrogens is 334 g/mol. The molecule has 0 aliphatic heterocycles. The van der Waals surface area contributed by atoms with Crippen molar-refractivity contribution < 1.29 is 8.83 Å². The van der Waals surface area contributed by atoms with Gasteiger partial charge in [-0.15, -0.1) is 0 Å². The van der Waals surface area contributed by atoms with Gasteiger partial charge in [0.05, 0.1) is 0 Å². The van der Waals surface area contributed by atoms with Crippen LogP contribution in [0, 0.1) is 0 Å². The van der Waals surface area contributed by atoms with Crippen molar-refractivity contribution in [3.8, 4) is 0 Å². The van der Waals surface area contributed by atoms with Crippen molar-refractivity contribution in [2.24, 2.45) is 0 Å². The molecule has 0 bridgehead atoms. The van der Waals surface area contributed by atoms with Crippen LogP contribution in [0.5, 0.6) is 0 Å². The van der Waals surface area contributed by atoms with E-state index in [1.165, 1.54) is 0 Å². The SMILES string of the molecule is c1ccc2c(c1)oc1ccc(Nc3ccc4oc5ccccc5c4c3)cc12. The van der Waals surface area contributed by atoms with E-state index in [2.05, 4.69) is 29.6 Å². The number of fused-ring (bicyclic) bond motifs is 6. The number of furan rings is 2. The molecule has 0 unspecified atom stereocenters. The molecule has 0 radical (unpaired) electrons. The summed E-state index contributed by atoms with van der Waals surface area (Å²) in [5.41, 5.74) is 5.69. The van der Waals surface area contributed by atoms with Crippen LogP contribution < -0.4 is 5.32 Å². The van der Waals surface area contributed by atoms with Crippen molar-refractivity contribution in [1.82, 2.24) is 0 Å². The summed E-state index contributed by atoms with van der Waals surface area (Å²) in [5, 5.41) is 8.01. The summed E-state index contributed by atoms with van der Waals surface area (Å²) in [5.74, 6) is 0. The van der Waals surface area contributed by atoms with E-state index < -0.39 is 0 Å². The molecule has 6 rings (SSSR count). The van der Waals surface area contributed by atoms with E-state index in [9.17, 15) is 0 Å². The van der Waals surface area contributed by atoms with Crippen LogP contribution in [-0.4, -0.2) is 0 Å². The number of benzene rings is 4. The van der Waals surface area contributed by atoms with Crippen LogP contribution in [-0.2, 0) is 0 Å². The number of anilines is 2. The zero-order valence-corrected chi connectivity index (χ0v) is 14.4. The Morgan fingerprint density at radius 3 is 1.41 bits per heavy atom. The number of para-hydroxylation sites is 2. The molecule has 0 amide bonds. The van der Waals surface area contributed by atoms with Gasteiger partial charge in [0.15, 0.2) is 0 Å². The topological polar surface area (TPSA) is 38.3 Å². The summed E-state index contributed by atoms with van der Waals surface area (Å²) in [6.45, 7) is 0. The minimum Gasteiger partial charge on any atom is -0.456 e. The van der Waals surface area contributed by atoms with E-state index in [4.69, 9.17) is 8.83 Å². The van der Waals surface area contributed by atoms with E-state index in [1.807, 2.05) is 60.7 Å². The molecule has 3 heteroatoms. The fourth-order valence-corrected chi connectivity index (χ4v) is 3.77. The first-order valence-corrected chi connectivity index (χ1v) is 8.95. The molecule has 0 saturated heterocycles. The van der Waals surface area contributed by atoms with Gasteiger partial charge in [-0.2, -0.15) is 0 Å². The highest BCUT2D eigenvalue weighted by molar-refractivity contribution is 6.07. The van der Waals surface area contributed by atoms with Crippen molar-refractivity contribution >= 4 is 55.3 Å². The first-order chi connectivity index (χ1) is 13.3. The van der Waals surface area contributed by atoms with Crippen LogP contribution in [0.2, 0.25) is 0 Å². The summed E-state index contributed by atoms with van der Waals surface area (Å²) in [4.78, 5) is 0. The summed E-state index contributed by atoms with van der Waals surface area (Å²) >= 11 is 0. The largest absolute Gasteiger partial charge is 0.456 e. The van der Waals surface area contributed by atoms with Gasteiger partial charge < -0.3 is 14.2 Å². The van der Waals surface area contributed by atoms with Gasteiger partial charge in [-0.25, -0.2) is 0 Å². The van der Waals surface area contributed by atoms with Crippen LogP contribution in [0.1, 0.15) is 0 Å². The lowest BCUT2D eigenvalue weighted by Gasteiger charge is -2.06. The molecule has 4 aromatic carbocycles. The van der Waals surface area contributed by atoms with Crippen molar-refractivity contribution in [3.05, 3.63) is 84.9 Å². The minimum absolute atomic E-state index is 0.901. The van der Waals surface area contributed by atoms with E-state index in [1.54, 1.807) is 0 Å². The number of hydrogen-bond donors (Lipinski definition) is 1. The molecule has 3 nitrogen and oxygen atoms in total. The summed E-state index contributed by atoms with van der Waals surface area (Å²) in [6, 6.07) is 28.6. The first-order valence-electron chi connectivity index (χ1n) is 8.95. The molecule has 0 atom stereocenters. The minimum atomic E-state index is 0.901. The second kappa shape index (κ2) is 5.39. The van der Waals surface area contributed by atoms with E-state index in [0.717, 1.165) is 55.3 Å². The Labute approximate surface area is 154 Å². The molecule has 27 heavy (non-hydrogen) atoms. The van der Waals surface area contributed by atoms with E-state index >= 15 is 0 Å². The standard InChI is InChI=1S/C24H15NO2/c1-3-7-21-17(5-1)19-13-15(9-11-23(19)26-21)25-16-10-12-24-20(14-16)18-6-2-4-8-22(18)27-24/h1-14,25H. The first kappa shape index (κ1) is 14.4. The van der Waals surface area contributed by atoms with Crippen molar-refractivity contribution in [2.45, 2.75) is 0 Å². The normalized spacial score (nSPS) is 11.7. The van der Waals surface area contributed by atoms with Crippen LogP contribution in [0.15, 0.2) is 93.8 Å². The second-order valence-corrected chi connectivity index (χ2v) is 6.74. The highest BCUT2D eigenvalue weighted by atomic mass is 16.3. The molecule has 0 aliphatic rings. The lowest BCUT2D eigenvalue weighted by atomic mass is 10.1. The highest BCUT2D eigenvalue weighted by Crippen LogP contribution is 2.34. The predicted molar refractivity (Wildman–Crippen MR) is 111 cm³/mol. The summed E-state index contributed by atoms with van der Waals surface area (Å²) in [7, 11) is 0. The molecule has 0 aliphatic carbocycles. The number of rotatable bonds is 2. The van der Waals surface area contributed by atoms with Crippen molar-refractivity contribution in [2.75, 3.05) is 5.32 Å². The summed E-state index contributed by atoms with van der Waals surface area (Å²) < 4.78 is 11.8. The second-order valence-electron chi connectivity index (χ2n) is 6.74. The van der Waals surface area contributed by atoms with Gasteiger partial charge in [0, 0.05) is 32.9 Å². The fourth-order valence-electron chi connectivity index (χ4n) is 3.77. The molecule has 0 saturated carbocycles. The Hall–Kier alpha value is -3.72. The Morgan fingerprint density at radius 2 is 0.889 bits per heavy atom. The van der Waals surface area contributed by atoms with Gasteiger partial charge in [0.2, 0.25) is 0 Å². The quantitative estimate of drug-likeness (QED) is 0.358. The average Bonchev–Trinajstić information content (AvgIpc) is 3.26. The average molecular weight is 349 g/mol. The maximum absolute atomic E-state index is 5.91. The fraction of sp³-hybridized carbons (Fsp3) is 0. The molecular formula is C24H15NO2. The maximum Gasteiger partial charge on any atom is 0.135 e. The zero-order chi connectivity index (χ0) is 17.8. The van der Waals surface area contributed by atoms with Crippen LogP contribution in [0.25, 0.3) is 43.9 Å². The van der Waals surface area contributed by atoms with Gasteiger partial charge >= 0.3 is 0 Å². The third-order valence-corrected chi connectivity index (χ3v) is 5.04. The molecule has 6 aromatic rings. The zero-order valence-electron chi connectivity index (χ0n) is 14.4. The number of hydrogen-bond acceptors (Lipinski definition) is 3. The smallest absolute Gasteiger partial charge is 0.135 e. The van der Waals surface area contributed by atoms with E-state index in [-0.39, 0.29) is 0 Å². The van der Waals surface area contributed by atoms with Crippen molar-refractivity contribution in [3.63, 3.8) is 0 Å². The van der Waals surface area contributed by atoms with Crippen LogP contribution >= 0.6 is 0 Å².